The predicted molar refractivity (Wildman–Crippen MR) is 124 cm³/mol. The molecule has 30 heavy (non-hydrogen) atoms. The van der Waals surface area contributed by atoms with E-state index in [4.69, 9.17) is 0 Å². The molecule has 0 amide bonds. The first-order valence-corrected chi connectivity index (χ1v) is 12.9. The first-order chi connectivity index (χ1) is 14.5. The van der Waals surface area contributed by atoms with E-state index in [1.165, 1.54) is 4.88 Å². The van der Waals surface area contributed by atoms with Crippen LogP contribution in [0.4, 0.5) is 0 Å². The molecule has 164 valence electrons. The fraction of sp³-hybridized carbons (Fsp3) is 0.500. The third kappa shape index (κ3) is 6.30. The number of aliphatic imine (C=N–C) groups is 1. The van der Waals surface area contributed by atoms with Gasteiger partial charge < -0.3 is 10.6 Å². The molecule has 1 saturated heterocycles. The van der Waals surface area contributed by atoms with Gasteiger partial charge in [-0.15, -0.1) is 11.3 Å². The second-order valence-electron chi connectivity index (χ2n) is 7.81. The molecule has 1 aromatic heterocycles. The maximum absolute atomic E-state index is 12.9. The number of sulfonamides is 1. The number of hydrogen-bond acceptors (Lipinski definition) is 4. The summed E-state index contributed by atoms with van der Waals surface area (Å²) in [6, 6.07) is 11.5. The van der Waals surface area contributed by atoms with Crippen molar-refractivity contribution in [1.29, 1.82) is 0 Å². The van der Waals surface area contributed by atoms with Crippen LogP contribution in [0.15, 0.2) is 51.7 Å². The van der Waals surface area contributed by atoms with Gasteiger partial charge in [-0.25, -0.2) is 8.42 Å². The van der Waals surface area contributed by atoms with Gasteiger partial charge in [-0.05, 0) is 54.3 Å². The smallest absolute Gasteiger partial charge is 0.243 e. The van der Waals surface area contributed by atoms with Crippen LogP contribution in [-0.4, -0.2) is 45.4 Å². The van der Waals surface area contributed by atoms with Gasteiger partial charge >= 0.3 is 0 Å². The van der Waals surface area contributed by atoms with Gasteiger partial charge in [0.1, 0.15) is 0 Å². The van der Waals surface area contributed by atoms with E-state index in [0.29, 0.717) is 30.4 Å². The Morgan fingerprint density at radius 2 is 1.97 bits per heavy atom. The monoisotopic (exact) mass is 448 g/mol. The number of hydrogen-bond donors (Lipinski definition) is 2. The van der Waals surface area contributed by atoms with E-state index in [1.807, 2.05) is 12.1 Å². The minimum absolute atomic E-state index is 0.371. The number of rotatable bonds is 8. The van der Waals surface area contributed by atoms with E-state index in [1.54, 1.807) is 34.8 Å². The second kappa shape index (κ2) is 10.9. The molecule has 1 aromatic carbocycles. The number of nitrogens with one attached hydrogen (secondary N) is 2. The molecule has 1 aliphatic heterocycles. The van der Waals surface area contributed by atoms with Gasteiger partial charge in [-0.2, -0.15) is 4.31 Å². The molecule has 1 unspecified atom stereocenters. The minimum Gasteiger partial charge on any atom is -0.356 e. The van der Waals surface area contributed by atoms with Crippen LogP contribution in [0.25, 0.3) is 0 Å². The third-order valence-corrected chi connectivity index (χ3v) is 8.08. The predicted octanol–water partition coefficient (Wildman–Crippen LogP) is 3.47. The van der Waals surface area contributed by atoms with Crippen LogP contribution in [0.2, 0.25) is 0 Å². The first-order valence-electron chi connectivity index (χ1n) is 10.5. The molecule has 2 N–H and O–H groups in total. The quantitative estimate of drug-likeness (QED) is 0.479. The van der Waals surface area contributed by atoms with Gasteiger partial charge in [0.2, 0.25) is 10.0 Å². The van der Waals surface area contributed by atoms with Crippen LogP contribution in [0.5, 0.6) is 0 Å². The largest absolute Gasteiger partial charge is 0.356 e. The van der Waals surface area contributed by atoms with E-state index in [0.717, 1.165) is 43.8 Å². The highest BCUT2D eigenvalue weighted by Gasteiger charge is 2.25. The Balaban J connectivity index is 1.53. The molecular weight excluding hydrogens is 416 g/mol. The van der Waals surface area contributed by atoms with Gasteiger partial charge in [0.25, 0.3) is 0 Å². The number of guanidine groups is 1. The fourth-order valence-electron chi connectivity index (χ4n) is 3.59. The van der Waals surface area contributed by atoms with E-state index < -0.39 is 10.0 Å². The SMILES string of the molecule is CN=C(NCc1cccc(S(=O)(=O)N2CCCCC2)c1)NCC(C)Cc1cccs1. The van der Waals surface area contributed by atoms with E-state index in [9.17, 15) is 8.42 Å². The summed E-state index contributed by atoms with van der Waals surface area (Å²) < 4.78 is 27.4. The van der Waals surface area contributed by atoms with Gasteiger partial charge in [0, 0.05) is 38.1 Å². The Morgan fingerprint density at radius 1 is 1.17 bits per heavy atom. The average Bonchev–Trinajstić information content (AvgIpc) is 3.27. The van der Waals surface area contributed by atoms with Crippen molar-refractivity contribution in [1.82, 2.24) is 14.9 Å². The lowest BCUT2D eigenvalue weighted by Crippen LogP contribution is -2.39. The van der Waals surface area contributed by atoms with E-state index >= 15 is 0 Å². The van der Waals surface area contributed by atoms with Gasteiger partial charge in [0.15, 0.2) is 5.96 Å². The van der Waals surface area contributed by atoms with Crippen molar-refractivity contribution in [3.05, 3.63) is 52.2 Å². The summed E-state index contributed by atoms with van der Waals surface area (Å²) >= 11 is 1.79. The Bertz CT molecular complexity index is 920. The maximum atomic E-state index is 12.9. The van der Waals surface area contributed by atoms with Crippen molar-refractivity contribution < 1.29 is 8.42 Å². The lowest BCUT2D eigenvalue weighted by molar-refractivity contribution is 0.346. The molecule has 0 aliphatic carbocycles. The molecule has 0 spiro atoms. The van der Waals surface area contributed by atoms with Crippen molar-refractivity contribution in [2.75, 3.05) is 26.7 Å². The van der Waals surface area contributed by atoms with Gasteiger partial charge in [-0.1, -0.05) is 31.5 Å². The van der Waals surface area contributed by atoms with Crippen molar-refractivity contribution >= 4 is 27.3 Å². The normalized spacial score (nSPS) is 16.9. The average molecular weight is 449 g/mol. The molecule has 1 atom stereocenters. The Labute approximate surface area is 184 Å². The third-order valence-electron chi connectivity index (χ3n) is 5.28. The van der Waals surface area contributed by atoms with Crippen molar-refractivity contribution in [2.24, 2.45) is 10.9 Å². The van der Waals surface area contributed by atoms with Crippen LogP contribution in [0, 0.1) is 5.92 Å². The fourth-order valence-corrected chi connectivity index (χ4v) is 6.05. The molecule has 1 aliphatic rings. The molecule has 6 nitrogen and oxygen atoms in total. The second-order valence-corrected chi connectivity index (χ2v) is 10.8. The van der Waals surface area contributed by atoms with Crippen LogP contribution in [0.1, 0.15) is 36.6 Å². The maximum Gasteiger partial charge on any atom is 0.243 e. The Kier molecular flexibility index (Phi) is 8.30. The summed E-state index contributed by atoms with van der Waals surface area (Å²) in [5, 5.41) is 8.76. The van der Waals surface area contributed by atoms with Crippen LogP contribution in [-0.2, 0) is 23.0 Å². The number of nitrogens with zero attached hydrogens (tertiary/aromatic N) is 2. The van der Waals surface area contributed by atoms with Crippen molar-refractivity contribution in [3.63, 3.8) is 0 Å². The topological polar surface area (TPSA) is 73.8 Å². The van der Waals surface area contributed by atoms with Crippen LogP contribution < -0.4 is 10.6 Å². The first kappa shape index (κ1) is 22.8. The van der Waals surface area contributed by atoms with Gasteiger partial charge in [-0.3, -0.25) is 4.99 Å². The molecule has 0 saturated carbocycles. The molecule has 2 aromatic rings. The Hall–Kier alpha value is -1.90. The zero-order valence-corrected chi connectivity index (χ0v) is 19.4. The number of piperidine rings is 1. The standard InChI is InChI=1S/C22H32N4O2S2/c1-18(14-20-9-7-13-29-20)16-24-22(23-2)25-17-19-8-6-10-21(15-19)30(27,28)26-11-4-3-5-12-26/h6-10,13,15,18H,3-5,11-12,14,16-17H2,1-2H3,(H2,23,24,25). The Morgan fingerprint density at radius 3 is 2.67 bits per heavy atom. The summed E-state index contributed by atoms with van der Waals surface area (Å²) in [4.78, 5) is 6.05. The summed E-state index contributed by atoms with van der Waals surface area (Å²) in [7, 11) is -1.67. The molecule has 8 heteroatoms. The summed E-state index contributed by atoms with van der Waals surface area (Å²) in [6.07, 6.45) is 4.02. The van der Waals surface area contributed by atoms with Crippen molar-refractivity contribution in [2.45, 2.75) is 44.0 Å². The van der Waals surface area contributed by atoms with E-state index in [2.05, 4.69) is 40.1 Å². The zero-order chi connectivity index (χ0) is 21.4. The lowest BCUT2D eigenvalue weighted by Gasteiger charge is -2.26. The summed E-state index contributed by atoms with van der Waals surface area (Å²) in [5.41, 5.74) is 0.919. The van der Waals surface area contributed by atoms with E-state index in [-0.39, 0.29) is 0 Å². The van der Waals surface area contributed by atoms with Crippen molar-refractivity contribution in [3.8, 4) is 0 Å². The van der Waals surface area contributed by atoms with Crippen LogP contribution >= 0.6 is 11.3 Å². The highest BCUT2D eigenvalue weighted by atomic mass is 32.2. The number of thiophene rings is 1. The number of benzene rings is 1. The molecule has 0 radical (unpaired) electrons. The highest BCUT2D eigenvalue weighted by molar-refractivity contribution is 7.89. The van der Waals surface area contributed by atoms with Crippen LogP contribution in [0.3, 0.4) is 0 Å². The minimum atomic E-state index is -3.41. The molecular formula is C22H32N4O2S2. The molecule has 1 fully saturated rings. The molecule has 3 rings (SSSR count). The summed E-state index contributed by atoms with van der Waals surface area (Å²) in [5.74, 6) is 1.21. The summed E-state index contributed by atoms with van der Waals surface area (Å²) in [6.45, 7) is 4.79. The molecule has 2 heterocycles. The zero-order valence-electron chi connectivity index (χ0n) is 17.8. The van der Waals surface area contributed by atoms with Gasteiger partial charge in [0.05, 0.1) is 4.90 Å². The highest BCUT2D eigenvalue weighted by Crippen LogP contribution is 2.21. The molecule has 0 bridgehead atoms. The lowest BCUT2D eigenvalue weighted by atomic mass is 10.1.